The number of nitrogens with zero attached hydrogens (tertiary/aromatic N) is 3. The predicted molar refractivity (Wildman–Crippen MR) is 284 cm³/mol. The fourth-order valence-corrected chi connectivity index (χ4v) is 12.1. The first-order valence-corrected chi connectivity index (χ1v) is 27.1. The van der Waals surface area contributed by atoms with Gasteiger partial charge in [0.2, 0.25) is 0 Å². The number of aliphatic hydroxyl groups is 4. The Morgan fingerprint density at radius 3 is 2.27 bits per heavy atom. The standard InChI is InChI=1S/C57H92N4O13/c1-15-45-57(11,66)50(63)37(5)47(59-69-27-19-18-25-61-26-24-58-35(3)32-61)34(2)30-56(10,68-14)52(38(6)49(39(7)53(65)72-45)73-46-31-55(9,67-13)51(64)40(8)71-46)74-54-48(62)44(28-36(4)70-54)60(12)33-41-22-23-42-20-16-17-21-43(42)29-41/h16-23,29,34-40,44-46,48-52,54,58,62-64,66H,15,24-28,30-33H2,1-14H3/b19-18+,59-47+/t34-,35?,36-,37+,38+,39-,40+,44+,45-,46+,48-,49+,50-,51+,52-,54+,55-,56+,57-/m1/s1. The summed E-state index contributed by atoms with van der Waals surface area (Å²) in [7, 11) is 5.12. The number of ether oxygens (including phenoxy) is 7. The largest absolute Gasteiger partial charge is 0.459 e. The van der Waals surface area contributed by atoms with Crippen LogP contribution >= 0.6 is 0 Å². The molecule has 0 aliphatic carbocycles. The zero-order chi connectivity index (χ0) is 54.3. The van der Waals surface area contributed by atoms with Gasteiger partial charge in [0.05, 0.1) is 53.4 Å². The van der Waals surface area contributed by atoms with Gasteiger partial charge in [-0.05, 0) is 103 Å². The third-order valence-corrected chi connectivity index (χ3v) is 16.8. The van der Waals surface area contributed by atoms with Crippen LogP contribution in [0.25, 0.3) is 10.8 Å². The number of benzene rings is 2. The van der Waals surface area contributed by atoms with Crippen molar-refractivity contribution in [3.05, 3.63) is 60.2 Å². The number of rotatable bonds is 15. The van der Waals surface area contributed by atoms with Crippen LogP contribution in [-0.4, -0.2) is 186 Å². The summed E-state index contributed by atoms with van der Waals surface area (Å²) < 4.78 is 45.8. The molecule has 4 aliphatic heterocycles. The summed E-state index contributed by atoms with van der Waals surface area (Å²) in [5, 5.41) is 58.7. The third kappa shape index (κ3) is 14.1. The Morgan fingerprint density at radius 2 is 1.59 bits per heavy atom. The first-order chi connectivity index (χ1) is 35.0. The van der Waals surface area contributed by atoms with Crippen LogP contribution in [0.1, 0.15) is 107 Å². The second-order valence-corrected chi connectivity index (χ2v) is 22.8. The summed E-state index contributed by atoms with van der Waals surface area (Å²) in [6.45, 7) is 24.5. The molecule has 17 nitrogen and oxygen atoms in total. The minimum absolute atomic E-state index is 0.123. The SMILES string of the molecule is CC[C@H]1OC(=O)[C@H](C)[C@@H](O[C@H]2C[C@@](C)(OC)[C@@H](O)[C@H](C)O2)[C@H](C)[C@@H](O[C@@H]2O[C@H](C)C[C@H](N(C)Cc3ccc4ccccc4c3)[C@H]2O)[C@@](C)(OC)C[C@@H](C)/C(=N\OC/C=C/CN2CCNC(C)C2)[C@H](C)[C@@H](O)[C@]1(C)O. The second kappa shape index (κ2) is 26.0. The fourth-order valence-electron chi connectivity index (χ4n) is 12.1. The number of carbonyl (C=O) groups excluding carboxylic acids is 1. The summed E-state index contributed by atoms with van der Waals surface area (Å²) in [5.74, 6) is -3.72. The van der Waals surface area contributed by atoms with E-state index in [1.54, 1.807) is 41.7 Å². The van der Waals surface area contributed by atoms with Crippen LogP contribution in [0.3, 0.4) is 0 Å². The summed E-state index contributed by atoms with van der Waals surface area (Å²) in [6, 6.07) is 14.7. The van der Waals surface area contributed by atoms with Crippen molar-refractivity contribution < 1.29 is 63.2 Å². The highest BCUT2D eigenvalue weighted by atomic mass is 16.7. The number of likely N-dealkylation sites (N-methyl/N-ethyl adjacent to an activating group) is 1. The highest BCUT2D eigenvalue weighted by molar-refractivity contribution is 5.89. The second-order valence-electron chi connectivity index (χ2n) is 22.8. The van der Waals surface area contributed by atoms with Crippen LogP contribution in [-0.2, 0) is 49.3 Å². The van der Waals surface area contributed by atoms with E-state index in [1.165, 1.54) is 14.0 Å². The van der Waals surface area contributed by atoms with Crippen LogP contribution in [0.5, 0.6) is 0 Å². The first-order valence-electron chi connectivity index (χ1n) is 27.1. The number of cyclic esters (lactones) is 1. The Kier molecular flexibility index (Phi) is 21.1. The normalized spacial score (nSPS) is 41.1. The van der Waals surface area contributed by atoms with Gasteiger partial charge < -0.3 is 63.7 Å². The van der Waals surface area contributed by atoms with Gasteiger partial charge in [-0.2, -0.15) is 0 Å². The van der Waals surface area contributed by atoms with Crippen LogP contribution in [0.15, 0.2) is 59.8 Å². The Balaban J connectivity index is 1.39. The monoisotopic (exact) mass is 1040 g/mol. The Labute approximate surface area is 441 Å². The maximum absolute atomic E-state index is 14.8. The van der Waals surface area contributed by atoms with E-state index < -0.39 is 102 Å². The first kappa shape index (κ1) is 60.1. The lowest BCUT2D eigenvalue weighted by atomic mass is 9.73. The number of methoxy groups -OCH3 is 2. The molecule has 4 heterocycles. The van der Waals surface area contributed by atoms with Gasteiger partial charge in [-0.25, -0.2) is 0 Å². The van der Waals surface area contributed by atoms with E-state index in [9.17, 15) is 25.2 Å². The molecule has 1 unspecified atom stereocenters. The molecule has 4 fully saturated rings. The van der Waals surface area contributed by atoms with Crippen molar-refractivity contribution in [3.63, 3.8) is 0 Å². The van der Waals surface area contributed by atoms with Crippen LogP contribution in [0, 0.1) is 23.7 Å². The van der Waals surface area contributed by atoms with E-state index in [1.807, 2.05) is 53.0 Å². The molecule has 2 aromatic carbocycles. The van der Waals surface area contributed by atoms with E-state index in [0.29, 0.717) is 24.7 Å². The zero-order valence-electron chi connectivity index (χ0n) is 46.8. The fraction of sp³-hybridized carbons (Fsp3) is 0.754. The van der Waals surface area contributed by atoms with Gasteiger partial charge in [0.1, 0.15) is 30.5 Å². The van der Waals surface area contributed by atoms with Crippen molar-refractivity contribution in [2.24, 2.45) is 28.8 Å². The number of fused-ring (bicyclic) bond motifs is 1. The molecule has 0 radical (unpaired) electrons. The van der Waals surface area contributed by atoms with Crippen molar-refractivity contribution >= 4 is 22.5 Å². The Bertz CT molecular complexity index is 2160. The van der Waals surface area contributed by atoms with Crippen molar-refractivity contribution in [3.8, 4) is 0 Å². The number of piperazine rings is 1. The highest BCUT2D eigenvalue weighted by Gasteiger charge is 2.54. The smallest absolute Gasteiger partial charge is 0.311 e. The summed E-state index contributed by atoms with van der Waals surface area (Å²) >= 11 is 0. The predicted octanol–water partition coefficient (Wildman–Crippen LogP) is 5.82. The van der Waals surface area contributed by atoms with Crippen LogP contribution in [0.4, 0.5) is 0 Å². The number of carbonyl (C=O) groups is 1. The van der Waals surface area contributed by atoms with Gasteiger partial charge in [-0.15, -0.1) is 0 Å². The van der Waals surface area contributed by atoms with Crippen molar-refractivity contribution in [1.29, 1.82) is 0 Å². The highest BCUT2D eigenvalue weighted by Crippen LogP contribution is 2.42. The molecule has 6 rings (SSSR count). The number of aliphatic hydroxyl groups excluding tert-OH is 3. The minimum Gasteiger partial charge on any atom is -0.459 e. The van der Waals surface area contributed by atoms with Crippen LogP contribution in [0.2, 0.25) is 0 Å². The maximum Gasteiger partial charge on any atom is 0.311 e. The molecule has 19 atom stereocenters. The average molecular weight is 1040 g/mol. The molecule has 17 heteroatoms. The van der Waals surface area contributed by atoms with Crippen LogP contribution < -0.4 is 5.32 Å². The molecule has 2 aromatic rings. The lowest BCUT2D eigenvalue weighted by molar-refractivity contribution is -0.319. The Hall–Kier alpha value is -3.14. The summed E-state index contributed by atoms with van der Waals surface area (Å²) in [6.07, 6.45) is -4.80. The molecule has 0 saturated carbocycles. The lowest BCUT2D eigenvalue weighted by Crippen LogP contribution is -2.61. The van der Waals surface area contributed by atoms with E-state index in [-0.39, 0.29) is 38.0 Å². The molecule has 74 heavy (non-hydrogen) atoms. The molecule has 0 bridgehead atoms. The molecule has 0 spiro atoms. The molecule has 0 amide bonds. The lowest BCUT2D eigenvalue weighted by Gasteiger charge is -2.50. The third-order valence-electron chi connectivity index (χ3n) is 16.8. The van der Waals surface area contributed by atoms with Gasteiger partial charge >= 0.3 is 5.97 Å². The van der Waals surface area contributed by atoms with Gasteiger partial charge in [0, 0.05) is 83.2 Å². The van der Waals surface area contributed by atoms with Crippen molar-refractivity contribution in [1.82, 2.24) is 15.1 Å². The molecule has 5 N–H and O–H groups in total. The Morgan fingerprint density at radius 1 is 0.892 bits per heavy atom. The van der Waals surface area contributed by atoms with Gasteiger partial charge in [0.15, 0.2) is 12.6 Å². The number of nitrogens with one attached hydrogen (secondary N) is 1. The van der Waals surface area contributed by atoms with Crippen molar-refractivity contribution in [2.45, 2.75) is 199 Å². The zero-order valence-corrected chi connectivity index (χ0v) is 46.8. The van der Waals surface area contributed by atoms with E-state index in [4.69, 9.17) is 43.2 Å². The molecule has 4 saturated heterocycles. The number of hydrogen-bond donors (Lipinski definition) is 5. The average Bonchev–Trinajstić information content (AvgIpc) is 3.37. The molecule has 4 aliphatic rings. The quantitative estimate of drug-likeness (QED) is 0.0618. The van der Waals surface area contributed by atoms with Crippen molar-refractivity contribution in [2.75, 3.05) is 54.1 Å². The molecule has 418 valence electrons. The number of esters is 1. The summed E-state index contributed by atoms with van der Waals surface area (Å²) in [4.78, 5) is 25.3. The molecular weight excluding hydrogens is 949 g/mol. The number of oxime groups is 1. The van der Waals surface area contributed by atoms with E-state index >= 15 is 0 Å². The maximum atomic E-state index is 14.8. The van der Waals surface area contributed by atoms with Gasteiger partial charge in [-0.3, -0.25) is 14.6 Å². The van der Waals surface area contributed by atoms with E-state index in [0.717, 1.165) is 42.5 Å². The van der Waals surface area contributed by atoms with Gasteiger partial charge in [0.25, 0.3) is 0 Å². The molecule has 0 aromatic heterocycles. The summed E-state index contributed by atoms with van der Waals surface area (Å²) in [5.41, 5.74) is -2.68. The number of hydrogen-bond acceptors (Lipinski definition) is 17. The minimum atomic E-state index is -1.94. The van der Waals surface area contributed by atoms with Gasteiger partial charge in [-0.1, -0.05) is 75.3 Å². The molecular formula is C57H92N4O13. The topological polar surface area (TPSA) is 203 Å². The van der Waals surface area contributed by atoms with E-state index in [2.05, 4.69) is 58.4 Å².